The lowest BCUT2D eigenvalue weighted by Crippen LogP contribution is -2.38. The lowest BCUT2D eigenvalue weighted by Gasteiger charge is -2.28. The van der Waals surface area contributed by atoms with Crippen molar-refractivity contribution in [2.24, 2.45) is 11.3 Å². The first-order valence-electron chi connectivity index (χ1n) is 7.99. The molecule has 3 atom stereocenters. The number of carbonyl (C=O) groups is 2. The number of aliphatic carboxylic acids is 1. The van der Waals surface area contributed by atoms with E-state index in [1.165, 1.54) is 0 Å². The van der Waals surface area contributed by atoms with Crippen molar-refractivity contribution in [3.8, 4) is 0 Å². The molecule has 5 nitrogen and oxygen atoms in total. The quantitative estimate of drug-likeness (QED) is 0.930. The predicted octanol–water partition coefficient (Wildman–Crippen LogP) is 3.11. The first-order valence-corrected chi connectivity index (χ1v) is 7.99. The second-order valence-corrected chi connectivity index (χ2v) is 7.68. The van der Waals surface area contributed by atoms with Gasteiger partial charge in [0.05, 0.1) is 5.92 Å². The van der Waals surface area contributed by atoms with Gasteiger partial charge in [-0.2, -0.15) is 0 Å². The average molecular weight is 317 g/mol. The maximum Gasteiger partial charge on any atom is 0.410 e. The molecule has 23 heavy (non-hydrogen) atoms. The topological polar surface area (TPSA) is 66.8 Å². The van der Waals surface area contributed by atoms with Crippen LogP contribution in [-0.2, 0) is 9.53 Å². The van der Waals surface area contributed by atoms with E-state index in [2.05, 4.69) is 0 Å². The summed E-state index contributed by atoms with van der Waals surface area (Å²) in [5.74, 6) is -1.14. The Hall–Kier alpha value is -2.04. The summed E-state index contributed by atoms with van der Waals surface area (Å²) in [6, 6.07) is 9.32. The lowest BCUT2D eigenvalue weighted by atomic mass is 9.82. The van der Waals surface area contributed by atoms with Gasteiger partial charge < -0.3 is 14.7 Å². The number of carboxylic acids is 1. The molecule has 1 saturated carbocycles. The van der Waals surface area contributed by atoms with Crippen LogP contribution in [0, 0.1) is 11.3 Å². The summed E-state index contributed by atoms with van der Waals surface area (Å²) >= 11 is 0. The highest BCUT2D eigenvalue weighted by Crippen LogP contribution is 2.65. The van der Waals surface area contributed by atoms with Gasteiger partial charge in [0.1, 0.15) is 5.60 Å². The molecular formula is C18H23NO4. The van der Waals surface area contributed by atoms with Crippen molar-refractivity contribution in [3.63, 3.8) is 0 Å². The van der Waals surface area contributed by atoms with Crippen molar-refractivity contribution in [1.82, 2.24) is 4.90 Å². The SMILES string of the molecule is CC(C)(C)OC(=O)N1CC2CC2(C(C(=O)O)c2ccccc2)C1. The highest BCUT2D eigenvalue weighted by molar-refractivity contribution is 5.79. The van der Waals surface area contributed by atoms with Gasteiger partial charge in [0.15, 0.2) is 0 Å². The molecule has 1 aromatic rings. The van der Waals surface area contributed by atoms with E-state index in [4.69, 9.17) is 4.74 Å². The Morgan fingerprint density at radius 2 is 1.96 bits per heavy atom. The van der Waals surface area contributed by atoms with Gasteiger partial charge in [-0.05, 0) is 38.7 Å². The molecule has 1 amide bonds. The summed E-state index contributed by atoms with van der Waals surface area (Å²) < 4.78 is 5.42. The van der Waals surface area contributed by atoms with Gasteiger partial charge in [-0.1, -0.05) is 30.3 Å². The van der Waals surface area contributed by atoms with Gasteiger partial charge in [-0.25, -0.2) is 4.79 Å². The van der Waals surface area contributed by atoms with Gasteiger partial charge in [0, 0.05) is 18.5 Å². The van der Waals surface area contributed by atoms with Gasteiger partial charge in [-0.15, -0.1) is 0 Å². The fourth-order valence-electron chi connectivity index (χ4n) is 3.80. The highest BCUT2D eigenvalue weighted by Gasteiger charge is 2.67. The molecule has 0 aromatic heterocycles. The Bertz CT molecular complexity index is 622. The molecule has 124 valence electrons. The van der Waals surface area contributed by atoms with E-state index in [1.807, 2.05) is 51.1 Å². The summed E-state index contributed by atoms with van der Waals surface area (Å²) in [4.78, 5) is 25.8. The summed E-state index contributed by atoms with van der Waals surface area (Å²) in [7, 11) is 0. The Labute approximate surface area is 136 Å². The molecule has 5 heteroatoms. The van der Waals surface area contributed by atoms with Crippen LogP contribution in [0.4, 0.5) is 4.79 Å². The van der Waals surface area contributed by atoms with Crippen LogP contribution < -0.4 is 0 Å². The van der Waals surface area contributed by atoms with Crippen molar-refractivity contribution in [2.75, 3.05) is 13.1 Å². The smallest absolute Gasteiger partial charge is 0.410 e. The van der Waals surface area contributed by atoms with Crippen LogP contribution in [0.2, 0.25) is 0 Å². The number of likely N-dealkylation sites (tertiary alicyclic amines) is 1. The summed E-state index contributed by atoms with van der Waals surface area (Å²) in [6.45, 7) is 6.55. The van der Waals surface area contributed by atoms with Gasteiger partial charge in [0.25, 0.3) is 0 Å². The van der Waals surface area contributed by atoms with E-state index in [-0.39, 0.29) is 17.4 Å². The number of nitrogens with zero attached hydrogens (tertiary/aromatic N) is 1. The Morgan fingerprint density at radius 1 is 1.30 bits per heavy atom. The maximum atomic E-state index is 12.3. The van der Waals surface area contributed by atoms with Crippen LogP contribution >= 0.6 is 0 Å². The lowest BCUT2D eigenvalue weighted by molar-refractivity contribution is -0.140. The standard InChI is InChI=1S/C18H23NO4/c1-17(2,3)23-16(22)19-10-13-9-18(13,11-19)14(15(20)21)12-7-5-4-6-8-12/h4-8,13-14H,9-11H2,1-3H3,(H,20,21). The molecule has 0 spiro atoms. The molecule has 0 bridgehead atoms. The highest BCUT2D eigenvalue weighted by atomic mass is 16.6. The fraction of sp³-hybridized carbons (Fsp3) is 0.556. The van der Waals surface area contributed by atoms with Crippen LogP contribution in [0.1, 0.15) is 38.7 Å². The van der Waals surface area contributed by atoms with Crippen molar-refractivity contribution < 1.29 is 19.4 Å². The first kappa shape index (κ1) is 15.8. The normalized spacial score (nSPS) is 27.3. The number of amides is 1. The fourth-order valence-corrected chi connectivity index (χ4v) is 3.80. The van der Waals surface area contributed by atoms with E-state index in [1.54, 1.807) is 4.90 Å². The number of carbonyl (C=O) groups excluding carboxylic acids is 1. The van der Waals surface area contributed by atoms with Crippen LogP contribution in [0.3, 0.4) is 0 Å². The van der Waals surface area contributed by atoms with Crippen LogP contribution in [0.15, 0.2) is 30.3 Å². The molecule has 1 aromatic carbocycles. The zero-order chi connectivity index (χ0) is 16.8. The van der Waals surface area contributed by atoms with E-state index in [0.717, 1.165) is 12.0 Å². The number of hydrogen-bond donors (Lipinski definition) is 1. The van der Waals surface area contributed by atoms with Gasteiger partial charge in [0.2, 0.25) is 0 Å². The summed E-state index contributed by atoms with van der Waals surface area (Å²) in [6.07, 6.45) is 0.513. The van der Waals surface area contributed by atoms with E-state index >= 15 is 0 Å². The number of benzene rings is 1. The second kappa shape index (κ2) is 5.25. The van der Waals surface area contributed by atoms with E-state index < -0.39 is 17.5 Å². The maximum absolute atomic E-state index is 12.3. The zero-order valence-corrected chi connectivity index (χ0v) is 13.8. The summed E-state index contributed by atoms with van der Waals surface area (Å²) in [5, 5.41) is 9.76. The van der Waals surface area contributed by atoms with E-state index in [9.17, 15) is 14.7 Å². The largest absolute Gasteiger partial charge is 0.481 e. The molecule has 0 radical (unpaired) electrons. The minimum atomic E-state index is -0.815. The number of ether oxygens (including phenoxy) is 1. The Balaban J connectivity index is 1.79. The number of carboxylic acid groups (broad SMARTS) is 1. The molecule has 1 N–H and O–H groups in total. The summed E-state index contributed by atoms with van der Waals surface area (Å²) in [5.41, 5.74) is -0.0687. The zero-order valence-electron chi connectivity index (χ0n) is 13.8. The monoisotopic (exact) mass is 317 g/mol. The van der Waals surface area contributed by atoms with Crippen LogP contribution in [0.25, 0.3) is 0 Å². The van der Waals surface area contributed by atoms with Crippen LogP contribution in [0.5, 0.6) is 0 Å². The molecule has 1 aliphatic carbocycles. The second-order valence-electron chi connectivity index (χ2n) is 7.68. The van der Waals surface area contributed by atoms with E-state index in [0.29, 0.717) is 13.1 Å². The number of fused-ring (bicyclic) bond motifs is 1. The third-order valence-electron chi connectivity index (χ3n) is 4.81. The Kier molecular flexibility index (Phi) is 3.62. The van der Waals surface area contributed by atoms with Crippen molar-refractivity contribution in [3.05, 3.63) is 35.9 Å². The van der Waals surface area contributed by atoms with Crippen molar-refractivity contribution in [2.45, 2.75) is 38.7 Å². The molecule has 2 aliphatic rings. The molecule has 3 unspecified atom stereocenters. The van der Waals surface area contributed by atoms with Gasteiger partial charge >= 0.3 is 12.1 Å². The third-order valence-corrected chi connectivity index (χ3v) is 4.81. The van der Waals surface area contributed by atoms with Crippen LogP contribution in [-0.4, -0.2) is 40.8 Å². The molecule has 3 rings (SSSR count). The number of rotatable bonds is 3. The molecule has 2 fully saturated rings. The van der Waals surface area contributed by atoms with Crippen molar-refractivity contribution >= 4 is 12.1 Å². The predicted molar refractivity (Wildman–Crippen MR) is 85.2 cm³/mol. The molecule has 1 heterocycles. The minimum Gasteiger partial charge on any atom is -0.481 e. The number of piperidine rings is 1. The van der Waals surface area contributed by atoms with Crippen molar-refractivity contribution in [1.29, 1.82) is 0 Å². The number of hydrogen-bond acceptors (Lipinski definition) is 3. The average Bonchev–Trinajstić information content (AvgIpc) is 2.99. The molecular weight excluding hydrogens is 294 g/mol. The molecule has 1 aliphatic heterocycles. The third kappa shape index (κ3) is 2.92. The molecule has 1 saturated heterocycles. The van der Waals surface area contributed by atoms with Gasteiger partial charge in [-0.3, -0.25) is 4.79 Å². The minimum absolute atomic E-state index is 0.247. The Morgan fingerprint density at radius 3 is 2.52 bits per heavy atom. The first-order chi connectivity index (χ1) is 10.7.